The minimum absolute atomic E-state index is 0.0158. The highest BCUT2D eigenvalue weighted by molar-refractivity contribution is 5.92. The number of anilines is 2. The van der Waals surface area contributed by atoms with Crippen LogP contribution in [0, 0.1) is 6.92 Å². The standard InChI is InChI=1S/C23H24N4O5/c1-15-12-23(30)27(21(24-15)14-32-20-10-8-19(31-3)9-11-20)13-22(29)26-18-6-4-17(5-7-18)25-16(2)28/h4-12H,13-14H2,1-3H3,(H,25,28)(H,26,29). The second kappa shape index (κ2) is 10.3. The lowest BCUT2D eigenvalue weighted by Crippen LogP contribution is -2.31. The molecule has 0 saturated carbocycles. The summed E-state index contributed by atoms with van der Waals surface area (Å²) in [6.07, 6.45) is 0. The van der Waals surface area contributed by atoms with Crippen molar-refractivity contribution in [3.05, 3.63) is 76.5 Å². The molecule has 0 unspecified atom stereocenters. The van der Waals surface area contributed by atoms with Crippen LogP contribution in [0.25, 0.3) is 0 Å². The molecule has 166 valence electrons. The van der Waals surface area contributed by atoms with E-state index in [2.05, 4.69) is 15.6 Å². The van der Waals surface area contributed by atoms with Crippen molar-refractivity contribution >= 4 is 23.2 Å². The number of carbonyl (C=O) groups is 2. The van der Waals surface area contributed by atoms with E-state index in [-0.39, 0.29) is 24.6 Å². The van der Waals surface area contributed by atoms with E-state index in [9.17, 15) is 14.4 Å². The number of rotatable bonds is 8. The summed E-state index contributed by atoms with van der Waals surface area (Å²) in [5, 5.41) is 5.39. The molecule has 0 spiro atoms. The van der Waals surface area contributed by atoms with Crippen molar-refractivity contribution in [1.82, 2.24) is 9.55 Å². The van der Waals surface area contributed by atoms with Gasteiger partial charge in [0.1, 0.15) is 30.5 Å². The fraction of sp³-hybridized carbons (Fsp3) is 0.217. The maximum Gasteiger partial charge on any atom is 0.254 e. The molecule has 0 aliphatic rings. The lowest BCUT2D eigenvalue weighted by Gasteiger charge is -2.14. The van der Waals surface area contributed by atoms with E-state index in [0.29, 0.717) is 34.4 Å². The highest BCUT2D eigenvalue weighted by atomic mass is 16.5. The molecule has 0 fully saturated rings. The Hall–Kier alpha value is -4.14. The minimum atomic E-state index is -0.393. The van der Waals surface area contributed by atoms with Crippen LogP contribution in [0.3, 0.4) is 0 Å². The number of nitrogens with zero attached hydrogens (tertiary/aromatic N) is 2. The first kappa shape index (κ1) is 22.5. The number of ether oxygens (including phenoxy) is 2. The molecule has 3 aromatic rings. The number of benzene rings is 2. The van der Waals surface area contributed by atoms with Gasteiger partial charge >= 0.3 is 0 Å². The third-order valence-electron chi connectivity index (χ3n) is 4.43. The van der Waals surface area contributed by atoms with Crippen LogP contribution in [0.5, 0.6) is 11.5 Å². The van der Waals surface area contributed by atoms with Gasteiger partial charge in [0.15, 0.2) is 0 Å². The van der Waals surface area contributed by atoms with Crippen LogP contribution in [0.2, 0.25) is 0 Å². The van der Waals surface area contributed by atoms with E-state index >= 15 is 0 Å². The number of hydrogen-bond acceptors (Lipinski definition) is 6. The Morgan fingerprint density at radius 1 is 0.969 bits per heavy atom. The van der Waals surface area contributed by atoms with Gasteiger partial charge in [-0.3, -0.25) is 19.0 Å². The van der Waals surface area contributed by atoms with Crippen LogP contribution in [0.1, 0.15) is 18.4 Å². The Balaban J connectivity index is 1.70. The van der Waals surface area contributed by atoms with Crippen LogP contribution in [-0.2, 0) is 22.7 Å². The van der Waals surface area contributed by atoms with Crippen molar-refractivity contribution in [2.45, 2.75) is 27.0 Å². The molecule has 9 nitrogen and oxygen atoms in total. The molecule has 0 aliphatic carbocycles. The van der Waals surface area contributed by atoms with Crippen LogP contribution >= 0.6 is 0 Å². The first-order valence-electron chi connectivity index (χ1n) is 9.86. The first-order chi connectivity index (χ1) is 15.3. The van der Waals surface area contributed by atoms with Crippen molar-refractivity contribution in [3.8, 4) is 11.5 Å². The number of aryl methyl sites for hydroxylation is 1. The normalized spacial score (nSPS) is 10.3. The zero-order valence-corrected chi connectivity index (χ0v) is 18.0. The topological polar surface area (TPSA) is 112 Å². The zero-order chi connectivity index (χ0) is 23.1. The fourth-order valence-electron chi connectivity index (χ4n) is 2.96. The number of amides is 2. The molecule has 0 bridgehead atoms. The number of carbonyl (C=O) groups excluding carboxylic acids is 2. The largest absolute Gasteiger partial charge is 0.497 e. The Bertz CT molecular complexity index is 1150. The van der Waals surface area contributed by atoms with E-state index < -0.39 is 5.91 Å². The molecule has 9 heteroatoms. The van der Waals surface area contributed by atoms with Gasteiger partial charge in [0.05, 0.1) is 7.11 Å². The van der Waals surface area contributed by atoms with Crippen LogP contribution in [0.15, 0.2) is 59.4 Å². The van der Waals surface area contributed by atoms with E-state index in [0.717, 1.165) is 0 Å². The maximum absolute atomic E-state index is 12.6. The van der Waals surface area contributed by atoms with E-state index in [1.54, 1.807) is 62.6 Å². The molecule has 0 atom stereocenters. The summed E-state index contributed by atoms with van der Waals surface area (Å²) in [7, 11) is 1.58. The van der Waals surface area contributed by atoms with Crippen molar-refractivity contribution in [3.63, 3.8) is 0 Å². The van der Waals surface area contributed by atoms with Gasteiger partial charge in [0.25, 0.3) is 5.56 Å². The lowest BCUT2D eigenvalue weighted by molar-refractivity contribution is -0.117. The summed E-state index contributed by atoms with van der Waals surface area (Å²) in [6.45, 7) is 2.92. The Morgan fingerprint density at radius 2 is 1.56 bits per heavy atom. The molecule has 2 amide bonds. The zero-order valence-electron chi connectivity index (χ0n) is 18.0. The first-order valence-corrected chi connectivity index (χ1v) is 9.86. The third kappa shape index (κ3) is 6.18. The van der Waals surface area contributed by atoms with Gasteiger partial charge in [-0.05, 0) is 55.5 Å². The van der Waals surface area contributed by atoms with Crippen LogP contribution < -0.4 is 25.7 Å². The van der Waals surface area contributed by atoms with Gasteiger partial charge in [-0.1, -0.05) is 0 Å². The smallest absolute Gasteiger partial charge is 0.254 e. The summed E-state index contributed by atoms with van der Waals surface area (Å²) in [5.74, 6) is 1.04. The molecular weight excluding hydrogens is 412 g/mol. The quantitative estimate of drug-likeness (QED) is 0.562. The van der Waals surface area contributed by atoms with Gasteiger partial charge in [0, 0.05) is 30.1 Å². The van der Waals surface area contributed by atoms with Gasteiger partial charge < -0.3 is 20.1 Å². The molecule has 0 radical (unpaired) electrons. The predicted molar refractivity (Wildman–Crippen MR) is 120 cm³/mol. The molecule has 0 saturated heterocycles. The Kier molecular flexibility index (Phi) is 7.22. The number of methoxy groups -OCH3 is 1. The van der Waals surface area contributed by atoms with Crippen molar-refractivity contribution in [2.75, 3.05) is 17.7 Å². The molecule has 2 N–H and O–H groups in total. The highest BCUT2D eigenvalue weighted by Crippen LogP contribution is 2.18. The molecular formula is C23H24N4O5. The Morgan fingerprint density at radius 3 is 2.16 bits per heavy atom. The van der Waals surface area contributed by atoms with E-state index in [4.69, 9.17) is 9.47 Å². The van der Waals surface area contributed by atoms with Gasteiger partial charge in [-0.25, -0.2) is 4.98 Å². The minimum Gasteiger partial charge on any atom is -0.497 e. The second-order valence-corrected chi connectivity index (χ2v) is 7.01. The molecule has 3 rings (SSSR count). The van der Waals surface area contributed by atoms with Gasteiger partial charge in [-0.2, -0.15) is 0 Å². The second-order valence-electron chi connectivity index (χ2n) is 7.01. The van der Waals surface area contributed by atoms with E-state index in [1.165, 1.54) is 17.6 Å². The predicted octanol–water partition coefficient (Wildman–Crippen LogP) is 2.74. The van der Waals surface area contributed by atoms with Crippen molar-refractivity contribution < 1.29 is 19.1 Å². The summed E-state index contributed by atoms with van der Waals surface area (Å²) >= 11 is 0. The monoisotopic (exact) mass is 436 g/mol. The lowest BCUT2D eigenvalue weighted by atomic mass is 10.2. The van der Waals surface area contributed by atoms with Gasteiger partial charge in [-0.15, -0.1) is 0 Å². The molecule has 1 aromatic heterocycles. The van der Waals surface area contributed by atoms with Crippen molar-refractivity contribution in [1.29, 1.82) is 0 Å². The third-order valence-corrected chi connectivity index (χ3v) is 4.43. The van der Waals surface area contributed by atoms with Gasteiger partial charge in [0.2, 0.25) is 11.8 Å². The average molecular weight is 436 g/mol. The molecule has 32 heavy (non-hydrogen) atoms. The number of aromatic nitrogens is 2. The Labute approximate surface area is 185 Å². The highest BCUT2D eigenvalue weighted by Gasteiger charge is 2.13. The van der Waals surface area contributed by atoms with Crippen LogP contribution in [-0.4, -0.2) is 28.5 Å². The molecule has 1 heterocycles. The summed E-state index contributed by atoms with van der Waals surface area (Å²) < 4.78 is 12.1. The average Bonchev–Trinajstić information content (AvgIpc) is 2.75. The van der Waals surface area contributed by atoms with Crippen LogP contribution in [0.4, 0.5) is 11.4 Å². The maximum atomic E-state index is 12.6. The summed E-state index contributed by atoms with van der Waals surface area (Å²) in [4.78, 5) is 40.6. The number of hydrogen-bond donors (Lipinski definition) is 2. The summed E-state index contributed by atoms with van der Waals surface area (Å²) in [5.41, 5.74) is 1.34. The fourth-order valence-corrected chi connectivity index (χ4v) is 2.96. The summed E-state index contributed by atoms with van der Waals surface area (Å²) in [6, 6.07) is 15.0. The number of nitrogens with one attached hydrogen (secondary N) is 2. The van der Waals surface area contributed by atoms with Crippen molar-refractivity contribution in [2.24, 2.45) is 0 Å². The SMILES string of the molecule is COc1ccc(OCc2nc(C)cc(=O)n2CC(=O)Nc2ccc(NC(C)=O)cc2)cc1. The molecule has 2 aromatic carbocycles. The molecule has 0 aliphatic heterocycles. The van der Waals surface area contributed by atoms with E-state index in [1.807, 2.05) is 0 Å².